The second-order valence-corrected chi connectivity index (χ2v) is 7.20. The first-order valence-electron chi connectivity index (χ1n) is 8.19. The summed E-state index contributed by atoms with van der Waals surface area (Å²) in [6.45, 7) is 3.30. The van der Waals surface area contributed by atoms with Gasteiger partial charge in [0.25, 0.3) is 0 Å². The van der Waals surface area contributed by atoms with Gasteiger partial charge < -0.3 is 9.47 Å². The number of rotatable bonds is 6. The Morgan fingerprint density at radius 3 is 3.04 bits per heavy atom. The van der Waals surface area contributed by atoms with Gasteiger partial charge in [-0.25, -0.2) is 4.98 Å². The van der Waals surface area contributed by atoms with Crippen molar-refractivity contribution in [3.05, 3.63) is 17.2 Å². The predicted molar refractivity (Wildman–Crippen MR) is 97.4 cm³/mol. The smallest absolute Gasteiger partial charge is 0.228 e. The Kier molecular flexibility index (Phi) is 5.58. The van der Waals surface area contributed by atoms with Gasteiger partial charge in [-0.3, -0.25) is 9.69 Å². The van der Waals surface area contributed by atoms with Crippen molar-refractivity contribution in [2.24, 2.45) is 0 Å². The van der Waals surface area contributed by atoms with E-state index in [9.17, 15) is 4.79 Å². The van der Waals surface area contributed by atoms with Crippen molar-refractivity contribution in [1.82, 2.24) is 4.98 Å². The van der Waals surface area contributed by atoms with E-state index in [2.05, 4.69) is 4.98 Å². The normalized spacial score (nSPS) is 17.4. The Labute approximate surface area is 150 Å². The Bertz CT molecular complexity index is 728. The van der Waals surface area contributed by atoms with Gasteiger partial charge in [-0.15, -0.1) is 0 Å². The van der Waals surface area contributed by atoms with Crippen molar-refractivity contribution in [3.8, 4) is 5.75 Å². The number of aromatic nitrogens is 1. The van der Waals surface area contributed by atoms with Gasteiger partial charge in [0.05, 0.1) is 29.5 Å². The number of carbonyl (C=O) groups excluding carboxylic acids is 1. The Balaban J connectivity index is 1.98. The molecule has 2 aromatic rings. The van der Waals surface area contributed by atoms with E-state index in [1.54, 1.807) is 24.1 Å². The molecule has 1 amide bonds. The first-order chi connectivity index (χ1) is 11.6. The standard InChI is InChI=1S/C17H21ClN2O3S/c1-3-5-14(21)20(10-11-6-4-9-23-11)17-19-15-13(22-2)8-7-12(18)16(15)24-17/h7-8,11H,3-6,9-10H2,1-2H3. The number of nitrogens with zero attached hydrogens (tertiary/aromatic N) is 2. The largest absolute Gasteiger partial charge is 0.494 e. The van der Waals surface area contributed by atoms with E-state index in [4.69, 9.17) is 21.1 Å². The lowest BCUT2D eigenvalue weighted by atomic mass is 10.2. The maximum absolute atomic E-state index is 12.6. The summed E-state index contributed by atoms with van der Waals surface area (Å²) in [6.07, 6.45) is 3.39. The third kappa shape index (κ3) is 3.50. The minimum absolute atomic E-state index is 0.0714. The SMILES string of the molecule is CCCC(=O)N(CC1CCCO1)c1nc2c(OC)ccc(Cl)c2s1. The number of thiazole rings is 1. The molecule has 1 aliphatic heterocycles. The van der Waals surface area contributed by atoms with Crippen LogP contribution in [0.1, 0.15) is 32.6 Å². The summed E-state index contributed by atoms with van der Waals surface area (Å²) < 4.78 is 11.9. The lowest BCUT2D eigenvalue weighted by molar-refractivity contribution is -0.119. The number of hydrogen-bond donors (Lipinski definition) is 0. The number of carbonyl (C=O) groups is 1. The average Bonchev–Trinajstić information content (AvgIpc) is 3.23. The molecular weight excluding hydrogens is 348 g/mol. The molecule has 0 N–H and O–H groups in total. The number of methoxy groups -OCH3 is 1. The van der Waals surface area contributed by atoms with E-state index in [-0.39, 0.29) is 12.0 Å². The highest BCUT2D eigenvalue weighted by Crippen LogP contribution is 2.39. The topological polar surface area (TPSA) is 51.7 Å². The molecule has 1 aromatic carbocycles. The third-order valence-corrected chi connectivity index (χ3v) is 5.61. The van der Waals surface area contributed by atoms with Gasteiger partial charge in [-0.05, 0) is 31.4 Å². The summed E-state index contributed by atoms with van der Waals surface area (Å²) in [6, 6.07) is 3.59. The maximum atomic E-state index is 12.6. The number of anilines is 1. The molecule has 1 saturated heterocycles. The van der Waals surface area contributed by atoms with Crippen molar-refractivity contribution < 1.29 is 14.3 Å². The van der Waals surface area contributed by atoms with Crippen LogP contribution >= 0.6 is 22.9 Å². The quantitative estimate of drug-likeness (QED) is 0.764. The van der Waals surface area contributed by atoms with Crippen molar-refractivity contribution >= 4 is 44.2 Å². The fourth-order valence-corrected chi connectivity index (χ4v) is 4.13. The number of hydrogen-bond acceptors (Lipinski definition) is 5. The molecule has 5 nitrogen and oxygen atoms in total. The van der Waals surface area contributed by atoms with Crippen molar-refractivity contribution in [2.45, 2.75) is 38.7 Å². The molecular formula is C17H21ClN2O3S. The van der Waals surface area contributed by atoms with E-state index in [1.807, 2.05) is 6.92 Å². The van der Waals surface area contributed by atoms with Crippen LogP contribution in [-0.4, -0.2) is 37.3 Å². The molecule has 0 aliphatic carbocycles. The molecule has 1 unspecified atom stereocenters. The third-order valence-electron chi connectivity index (χ3n) is 4.07. The van der Waals surface area contributed by atoms with Gasteiger partial charge in [-0.1, -0.05) is 29.9 Å². The second kappa shape index (κ2) is 7.68. The summed E-state index contributed by atoms with van der Waals surface area (Å²) in [4.78, 5) is 19.0. The van der Waals surface area contributed by atoms with Crippen LogP contribution in [0.25, 0.3) is 10.2 Å². The number of fused-ring (bicyclic) bond motifs is 1. The van der Waals surface area contributed by atoms with E-state index in [0.717, 1.165) is 30.6 Å². The fraction of sp³-hybridized carbons (Fsp3) is 0.529. The number of amides is 1. The highest BCUT2D eigenvalue weighted by molar-refractivity contribution is 7.23. The van der Waals surface area contributed by atoms with Gasteiger partial charge in [0.2, 0.25) is 5.91 Å². The average molecular weight is 369 g/mol. The van der Waals surface area contributed by atoms with Crippen molar-refractivity contribution in [3.63, 3.8) is 0 Å². The van der Waals surface area contributed by atoms with Crippen LogP contribution < -0.4 is 9.64 Å². The molecule has 0 saturated carbocycles. The summed E-state index contributed by atoms with van der Waals surface area (Å²) in [5.74, 6) is 0.735. The molecule has 0 spiro atoms. The van der Waals surface area contributed by atoms with Crippen LogP contribution in [0.5, 0.6) is 5.75 Å². The number of ether oxygens (including phenoxy) is 2. The summed E-state index contributed by atoms with van der Waals surface area (Å²) in [5, 5.41) is 1.28. The summed E-state index contributed by atoms with van der Waals surface area (Å²) in [5.41, 5.74) is 0.701. The molecule has 130 valence electrons. The zero-order valence-electron chi connectivity index (χ0n) is 13.9. The first-order valence-corrected chi connectivity index (χ1v) is 9.38. The number of halogens is 1. The van der Waals surface area contributed by atoms with E-state index >= 15 is 0 Å². The minimum atomic E-state index is 0.0714. The Morgan fingerprint density at radius 2 is 2.38 bits per heavy atom. The van der Waals surface area contributed by atoms with Gasteiger partial charge in [0.15, 0.2) is 5.13 Å². The van der Waals surface area contributed by atoms with E-state index < -0.39 is 0 Å². The van der Waals surface area contributed by atoms with Gasteiger partial charge in [0, 0.05) is 13.0 Å². The van der Waals surface area contributed by atoms with Crippen molar-refractivity contribution in [1.29, 1.82) is 0 Å². The molecule has 24 heavy (non-hydrogen) atoms. The minimum Gasteiger partial charge on any atom is -0.494 e. The van der Waals surface area contributed by atoms with Gasteiger partial charge >= 0.3 is 0 Å². The molecule has 7 heteroatoms. The monoisotopic (exact) mass is 368 g/mol. The maximum Gasteiger partial charge on any atom is 0.228 e. The second-order valence-electron chi connectivity index (χ2n) is 5.81. The Hall–Kier alpha value is -1.37. The van der Waals surface area contributed by atoms with Crippen LogP contribution in [0.2, 0.25) is 5.02 Å². The van der Waals surface area contributed by atoms with Crippen LogP contribution in [0.3, 0.4) is 0 Å². The summed E-state index contributed by atoms with van der Waals surface area (Å²) in [7, 11) is 1.61. The molecule has 0 radical (unpaired) electrons. The molecule has 1 aliphatic rings. The van der Waals surface area contributed by atoms with E-state index in [1.165, 1.54) is 11.3 Å². The lowest BCUT2D eigenvalue weighted by Gasteiger charge is -2.22. The fourth-order valence-electron chi connectivity index (χ4n) is 2.85. The van der Waals surface area contributed by atoms with Gasteiger partial charge in [-0.2, -0.15) is 0 Å². The van der Waals surface area contributed by atoms with E-state index in [0.29, 0.717) is 34.4 Å². The van der Waals surface area contributed by atoms with Crippen LogP contribution in [0, 0.1) is 0 Å². The van der Waals surface area contributed by atoms with Crippen LogP contribution in [0.15, 0.2) is 12.1 Å². The molecule has 1 aromatic heterocycles. The molecule has 1 fully saturated rings. The molecule has 1 atom stereocenters. The van der Waals surface area contributed by atoms with Crippen LogP contribution in [0.4, 0.5) is 5.13 Å². The predicted octanol–water partition coefficient (Wildman–Crippen LogP) is 4.27. The molecule has 2 heterocycles. The lowest BCUT2D eigenvalue weighted by Crippen LogP contribution is -2.37. The highest BCUT2D eigenvalue weighted by Gasteiger charge is 2.26. The summed E-state index contributed by atoms with van der Waals surface area (Å²) >= 11 is 7.73. The zero-order valence-corrected chi connectivity index (χ0v) is 15.5. The molecule has 3 rings (SSSR count). The number of benzene rings is 1. The highest BCUT2D eigenvalue weighted by atomic mass is 35.5. The zero-order chi connectivity index (χ0) is 17.1. The van der Waals surface area contributed by atoms with Gasteiger partial charge in [0.1, 0.15) is 11.3 Å². The molecule has 0 bridgehead atoms. The van der Waals surface area contributed by atoms with Crippen molar-refractivity contribution in [2.75, 3.05) is 25.2 Å². The first kappa shape index (κ1) is 17.5. The Morgan fingerprint density at radius 1 is 1.54 bits per heavy atom. The van der Waals surface area contributed by atoms with Crippen LogP contribution in [-0.2, 0) is 9.53 Å².